The fourth-order valence-corrected chi connectivity index (χ4v) is 6.85. The lowest BCUT2D eigenvalue weighted by molar-refractivity contribution is -0.328. The summed E-state index contributed by atoms with van der Waals surface area (Å²) in [5.41, 5.74) is 3.98. The average Bonchev–Trinajstić information content (AvgIpc) is 3.20. The van der Waals surface area contributed by atoms with Crippen molar-refractivity contribution >= 4 is 43.5 Å². The first kappa shape index (κ1) is 43.5. The SMILES string of the molecule is COCCC/C=C\CCCOC1O[C@@H](COCc2ccc(Br)cc2)[C@H](OCc2ccc(Cl)cc2)[C@H](OCc2ccccc2Br)C1OCc1ccc(OC)cc1. The Morgan fingerprint density at radius 3 is 1.91 bits per heavy atom. The van der Waals surface area contributed by atoms with Gasteiger partial charge in [-0.25, -0.2) is 0 Å². The van der Waals surface area contributed by atoms with E-state index in [0.717, 1.165) is 69.2 Å². The monoisotopic (exact) mass is 900 g/mol. The molecule has 11 heteroatoms. The zero-order valence-corrected chi connectivity index (χ0v) is 35.4. The number of rotatable bonds is 23. The Labute approximate surface area is 347 Å². The summed E-state index contributed by atoms with van der Waals surface area (Å²) in [5, 5.41) is 0.659. The first-order valence-corrected chi connectivity index (χ1v) is 20.6. The summed E-state index contributed by atoms with van der Waals surface area (Å²) in [6, 6.07) is 31.5. The molecule has 4 aromatic carbocycles. The van der Waals surface area contributed by atoms with Gasteiger partial charge in [-0.1, -0.05) is 110 Å². The summed E-state index contributed by atoms with van der Waals surface area (Å²) in [6.07, 6.45) is 4.94. The van der Waals surface area contributed by atoms with Gasteiger partial charge in [0, 0.05) is 27.7 Å². The van der Waals surface area contributed by atoms with Crippen molar-refractivity contribution in [3.63, 3.8) is 0 Å². The van der Waals surface area contributed by atoms with Crippen LogP contribution in [-0.2, 0) is 59.6 Å². The molecule has 0 bridgehead atoms. The Hall–Kier alpha value is -2.61. The number of hydrogen-bond acceptors (Lipinski definition) is 8. The van der Waals surface area contributed by atoms with Crippen LogP contribution in [0.5, 0.6) is 5.75 Å². The molecule has 55 heavy (non-hydrogen) atoms. The van der Waals surface area contributed by atoms with Gasteiger partial charge in [-0.05, 0) is 90.4 Å². The molecule has 1 aliphatic heterocycles. The third-order valence-electron chi connectivity index (χ3n) is 9.08. The van der Waals surface area contributed by atoms with Gasteiger partial charge in [0.25, 0.3) is 0 Å². The third kappa shape index (κ3) is 14.7. The highest BCUT2D eigenvalue weighted by Gasteiger charge is 2.49. The Balaban J connectivity index is 1.41. The molecule has 4 aromatic rings. The molecule has 0 spiro atoms. The summed E-state index contributed by atoms with van der Waals surface area (Å²) >= 11 is 13.4. The molecule has 8 nitrogen and oxygen atoms in total. The van der Waals surface area contributed by atoms with Crippen LogP contribution in [0.2, 0.25) is 5.02 Å². The highest BCUT2D eigenvalue weighted by molar-refractivity contribution is 9.10. The van der Waals surface area contributed by atoms with Gasteiger partial charge in [-0.2, -0.15) is 0 Å². The van der Waals surface area contributed by atoms with Gasteiger partial charge in [0.1, 0.15) is 30.2 Å². The largest absolute Gasteiger partial charge is 0.497 e. The lowest BCUT2D eigenvalue weighted by Crippen LogP contribution is -2.61. The van der Waals surface area contributed by atoms with E-state index in [1.54, 1.807) is 14.2 Å². The predicted molar refractivity (Wildman–Crippen MR) is 222 cm³/mol. The Morgan fingerprint density at radius 1 is 0.636 bits per heavy atom. The van der Waals surface area contributed by atoms with Crippen LogP contribution in [0.1, 0.15) is 47.9 Å². The van der Waals surface area contributed by atoms with Crippen molar-refractivity contribution in [1.82, 2.24) is 0 Å². The Bertz CT molecular complexity index is 1690. The molecule has 1 saturated heterocycles. The Kier molecular flexibility index (Phi) is 19.2. The second-order valence-electron chi connectivity index (χ2n) is 13.2. The van der Waals surface area contributed by atoms with Crippen LogP contribution < -0.4 is 4.74 Å². The van der Waals surface area contributed by atoms with Crippen molar-refractivity contribution < 1.29 is 37.9 Å². The minimum absolute atomic E-state index is 0.242. The summed E-state index contributed by atoms with van der Waals surface area (Å²) in [7, 11) is 3.38. The number of methoxy groups -OCH3 is 2. The highest BCUT2D eigenvalue weighted by Crippen LogP contribution is 2.33. The van der Waals surface area contributed by atoms with Crippen LogP contribution in [0.3, 0.4) is 0 Å². The van der Waals surface area contributed by atoms with Crippen LogP contribution in [0.4, 0.5) is 0 Å². The smallest absolute Gasteiger partial charge is 0.186 e. The van der Waals surface area contributed by atoms with Gasteiger partial charge in [-0.15, -0.1) is 0 Å². The summed E-state index contributed by atoms with van der Waals surface area (Å²) in [4.78, 5) is 0. The molecule has 0 radical (unpaired) electrons. The Morgan fingerprint density at radius 2 is 1.24 bits per heavy atom. The zero-order chi connectivity index (χ0) is 38.7. The molecule has 1 heterocycles. The summed E-state index contributed by atoms with van der Waals surface area (Å²) in [6.45, 7) is 2.78. The third-order valence-corrected chi connectivity index (χ3v) is 10.6. The van der Waals surface area contributed by atoms with E-state index in [2.05, 4.69) is 44.0 Å². The van der Waals surface area contributed by atoms with Crippen LogP contribution in [0, 0.1) is 0 Å². The lowest BCUT2D eigenvalue weighted by Gasteiger charge is -2.46. The van der Waals surface area contributed by atoms with E-state index >= 15 is 0 Å². The fraction of sp³-hybridized carbons (Fsp3) is 0.409. The number of unbranched alkanes of at least 4 members (excludes halogenated alkanes) is 2. The van der Waals surface area contributed by atoms with E-state index < -0.39 is 30.7 Å². The highest BCUT2D eigenvalue weighted by atomic mass is 79.9. The van der Waals surface area contributed by atoms with Crippen molar-refractivity contribution in [3.8, 4) is 5.75 Å². The van der Waals surface area contributed by atoms with E-state index in [1.807, 2.05) is 97.1 Å². The van der Waals surface area contributed by atoms with E-state index in [-0.39, 0.29) is 6.61 Å². The molecule has 296 valence electrons. The molecule has 5 atom stereocenters. The number of hydrogen-bond donors (Lipinski definition) is 0. The van der Waals surface area contributed by atoms with E-state index in [9.17, 15) is 0 Å². The molecule has 0 N–H and O–H groups in total. The first-order chi connectivity index (χ1) is 26.9. The van der Waals surface area contributed by atoms with Crippen molar-refractivity contribution in [2.24, 2.45) is 0 Å². The summed E-state index contributed by atoms with van der Waals surface area (Å²) in [5.74, 6) is 0.773. The van der Waals surface area contributed by atoms with E-state index in [4.69, 9.17) is 49.5 Å². The second kappa shape index (κ2) is 24.2. The minimum atomic E-state index is -0.759. The predicted octanol–water partition coefficient (Wildman–Crippen LogP) is 10.7. The van der Waals surface area contributed by atoms with E-state index in [0.29, 0.717) is 38.1 Å². The standard InChI is InChI=1S/C44H51Br2ClO8/c1-48-25-9-5-3-4-6-10-26-51-44-43(53-29-34-17-23-38(49-2)24-18-34)42(54-30-35-11-7-8-12-39(35)46)41(52-28-33-15-21-37(47)22-16-33)40(55-44)31-50-27-32-13-19-36(45)20-14-32/h3-4,7-8,11-24,40-44H,5-6,9-10,25-31H2,1-2H3/b4-3-/t40-,41-,42-,43?,44?/m0/s1. The van der Waals surface area contributed by atoms with Crippen LogP contribution in [0.25, 0.3) is 0 Å². The fourth-order valence-electron chi connectivity index (χ4n) is 6.06. The van der Waals surface area contributed by atoms with Crippen LogP contribution in [0.15, 0.2) is 118 Å². The van der Waals surface area contributed by atoms with Crippen molar-refractivity contribution in [1.29, 1.82) is 0 Å². The van der Waals surface area contributed by atoms with Crippen molar-refractivity contribution in [3.05, 3.63) is 145 Å². The number of halogens is 3. The zero-order valence-electron chi connectivity index (χ0n) is 31.5. The van der Waals surface area contributed by atoms with Gasteiger partial charge < -0.3 is 37.9 Å². The lowest BCUT2D eigenvalue weighted by atomic mass is 9.97. The number of ether oxygens (including phenoxy) is 8. The first-order valence-electron chi connectivity index (χ1n) is 18.6. The normalized spacial score (nSPS) is 19.9. The van der Waals surface area contributed by atoms with Gasteiger partial charge in [0.2, 0.25) is 0 Å². The number of benzene rings is 4. The molecule has 1 fully saturated rings. The minimum Gasteiger partial charge on any atom is -0.497 e. The van der Waals surface area contributed by atoms with Gasteiger partial charge in [0.05, 0.1) is 46.8 Å². The van der Waals surface area contributed by atoms with Crippen LogP contribution in [-0.4, -0.2) is 64.7 Å². The maximum Gasteiger partial charge on any atom is 0.186 e. The van der Waals surface area contributed by atoms with Gasteiger partial charge in [0.15, 0.2) is 6.29 Å². The molecule has 2 unspecified atom stereocenters. The van der Waals surface area contributed by atoms with Gasteiger partial charge >= 0.3 is 0 Å². The maximum absolute atomic E-state index is 6.87. The topological polar surface area (TPSA) is 73.8 Å². The van der Waals surface area contributed by atoms with Gasteiger partial charge in [-0.3, -0.25) is 0 Å². The molecule has 0 aromatic heterocycles. The molecular formula is C44H51Br2ClO8. The molecule has 0 aliphatic carbocycles. The molecule has 5 rings (SSSR count). The molecule has 0 saturated carbocycles. The quantitative estimate of drug-likeness (QED) is 0.0538. The average molecular weight is 903 g/mol. The summed E-state index contributed by atoms with van der Waals surface area (Å²) < 4.78 is 52.6. The van der Waals surface area contributed by atoms with Crippen LogP contribution >= 0.6 is 43.5 Å². The molecule has 0 amide bonds. The van der Waals surface area contributed by atoms with E-state index in [1.165, 1.54) is 0 Å². The molecule has 1 aliphatic rings. The van der Waals surface area contributed by atoms with Crippen molar-refractivity contribution in [2.75, 3.05) is 34.0 Å². The number of allylic oxidation sites excluding steroid dienone is 2. The molecular weight excluding hydrogens is 852 g/mol. The second-order valence-corrected chi connectivity index (χ2v) is 15.4. The van der Waals surface area contributed by atoms with Crippen molar-refractivity contribution in [2.45, 2.75) is 82.8 Å². The maximum atomic E-state index is 6.87.